The highest BCUT2D eigenvalue weighted by Crippen LogP contribution is 2.31. The van der Waals surface area contributed by atoms with E-state index in [2.05, 4.69) is 15.4 Å². The lowest BCUT2D eigenvalue weighted by molar-refractivity contribution is 0.102. The highest BCUT2D eigenvalue weighted by Gasteiger charge is 2.15. The summed E-state index contributed by atoms with van der Waals surface area (Å²) in [5.41, 5.74) is 3.16. The topological polar surface area (TPSA) is 69.0 Å². The molecule has 0 atom stereocenters. The Kier molecular flexibility index (Phi) is 4.85. The number of nitrogens with one attached hydrogen (secondary N) is 1. The highest BCUT2D eigenvalue weighted by atomic mass is 32.1. The van der Waals surface area contributed by atoms with Gasteiger partial charge in [-0.05, 0) is 51.1 Å². The Morgan fingerprint density at radius 2 is 2.00 bits per heavy atom. The standard InChI is InChI=1S/C18H20N4O2S/c1-5-24-14-8-6-13(7-9-14)16-12(3)25-18(19-16)20-17(23)15-10-11(2)22(4)21-15/h6-10H,5H2,1-4H3,(H,19,20,23). The molecule has 0 unspecified atom stereocenters. The fraction of sp³-hybridized carbons (Fsp3) is 0.278. The maximum absolute atomic E-state index is 12.3. The first kappa shape index (κ1) is 17.2. The zero-order valence-corrected chi connectivity index (χ0v) is 15.5. The van der Waals surface area contributed by atoms with Crippen LogP contribution in [0.1, 0.15) is 28.0 Å². The molecule has 2 heterocycles. The van der Waals surface area contributed by atoms with Crippen LogP contribution in [0.3, 0.4) is 0 Å². The zero-order chi connectivity index (χ0) is 18.0. The number of aryl methyl sites for hydroxylation is 3. The van der Waals surface area contributed by atoms with Crippen LogP contribution in [0, 0.1) is 13.8 Å². The molecular weight excluding hydrogens is 336 g/mol. The van der Waals surface area contributed by atoms with Crippen LogP contribution in [-0.4, -0.2) is 27.3 Å². The first-order valence-corrected chi connectivity index (χ1v) is 8.82. The van der Waals surface area contributed by atoms with Crippen LogP contribution >= 0.6 is 11.3 Å². The van der Waals surface area contributed by atoms with Crippen molar-refractivity contribution >= 4 is 22.4 Å². The summed E-state index contributed by atoms with van der Waals surface area (Å²) >= 11 is 1.45. The van der Waals surface area contributed by atoms with Crippen molar-refractivity contribution in [3.05, 3.63) is 46.6 Å². The summed E-state index contributed by atoms with van der Waals surface area (Å²) in [7, 11) is 1.81. The number of carbonyl (C=O) groups is 1. The summed E-state index contributed by atoms with van der Waals surface area (Å²) in [6, 6.07) is 9.55. The normalized spacial score (nSPS) is 10.7. The molecule has 0 aliphatic rings. The van der Waals surface area contributed by atoms with Gasteiger partial charge in [0.15, 0.2) is 10.8 Å². The first-order chi connectivity index (χ1) is 12.0. The molecule has 7 heteroatoms. The maximum Gasteiger partial charge on any atom is 0.277 e. The van der Waals surface area contributed by atoms with Crippen LogP contribution in [0.25, 0.3) is 11.3 Å². The average molecular weight is 356 g/mol. The number of thiazole rings is 1. The minimum absolute atomic E-state index is 0.254. The molecule has 3 aromatic rings. The molecule has 0 radical (unpaired) electrons. The lowest BCUT2D eigenvalue weighted by Crippen LogP contribution is -2.12. The van der Waals surface area contributed by atoms with Gasteiger partial charge >= 0.3 is 0 Å². The second kappa shape index (κ2) is 7.06. The molecule has 0 bridgehead atoms. The van der Waals surface area contributed by atoms with Gasteiger partial charge in [-0.2, -0.15) is 5.10 Å². The van der Waals surface area contributed by atoms with E-state index in [1.54, 1.807) is 10.7 Å². The number of rotatable bonds is 5. The molecule has 0 aliphatic heterocycles. The number of amides is 1. The predicted octanol–water partition coefficient (Wildman–Crippen LogP) is 3.81. The predicted molar refractivity (Wildman–Crippen MR) is 99.4 cm³/mol. The summed E-state index contributed by atoms with van der Waals surface area (Å²) in [4.78, 5) is 17.9. The molecule has 25 heavy (non-hydrogen) atoms. The van der Waals surface area contributed by atoms with Crippen molar-refractivity contribution in [3.8, 4) is 17.0 Å². The minimum atomic E-state index is -0.254. The number of aromatic nitrogens is 3. The van der Waals surface area contributed by atoms with E-state index < -0.39 is 0 Å². The van der Waals surface area contributed by atoms with Crippen LogP contribution in [0.15, 0.2) is 30.3 Å². The van der Waals surface area contributed by atoms with Crippen LogP contribution < -0.4 is 10.1 Å². The fourth-order valence-corrected chi connectivity index (χ4v) is 3.26. The summed E-state index contributed by atoms with van der Waals surface area (Å²) in [5.74, 6) is 0.578. The van der Waals surface area contributed by atoms with Crippen LogP contribution in [0.4, 0.5) is 5.13 Å². The first-order valence-electron chi connectivity index (χ1n) is 8.00. The Bertz CT molecular complexity index is 877. The number of ether oxygens (including phenoxy) is 1. The number of nitrogens with zero attached hydrogens (tertiary/aromatic N) is 3. The molecule has 0 spiro atoms. The van der Waals surface area contributed by atoms with Crippen molar-refractivity contribution in [2.45, 2.75) is 20.8 Å². The van der Waals surface area contributed by atoms with E-state index in [0.717, 1.165) is 27.6 Å². The molecule has 1 amide bonds. The largest absolute Gasteiger partial charge is 0.494 e. The van der Waals surface area contributed by atoms with Crippen molar-refractivity contribution in [3.63, 3.8) is 0 Å². The number of carbonyl (C=O) groups excluding carboxylic acids is 1. The number of hydrogen-bond donors (Lipinski definition) is 1. The zero-order valence-electron chi connectivity index (χ0n) is 14.7. The van der Waals surface area contributed by atoms with E-state index in [9.17, 15) is 4.79 Å². The Morgan fingerprint density at radius 3 is 2.60 bits per heavy atom. The summed E-state index contributed by atoms with van der Waals surface area (Å²) < 4.78 is 7.14. The van der Waals surface area contributed by atoms with Crippen molar-refractivity contribution in [1.82, 2.24) is 14.8 Å². The molecule has 6 nitrogen and oxygen atoms in total. The van der Waals surface area contributed by atoms with Gasteiger partial charge in [-0.3, -0.25) is 14.8 Å². The van der Waals surface area contributed by atoms with Gasteiger partial charge in [-0.1, -0.05) is 0 Å². The van der Waals surface area contributed by atoms with Crippen LogP contribution in [0.2, 0.25) is 0 Å². The summed E-state index contributed by atoms with van der Waals surface area (Å²) in [6.07, 6.45) is 0. The second-order valence-corrected chi connectivity index (χ2v) is 6.83. The maximum atomic E-state index is 12.3. The van der Waals surface area contributed by atoms with Crippen molar-refractivity contribution < 1.29 is 9.53 Å². The van der Waals surface area contributed by atoms with E-state index in [1.807, 2.05) is 52.1 Å². The SMILES string of the molecule is CCOc1ccc(-c2nc(NC(=O)c3cc(C)n(C)n3)sc2C)cc1. The third kappa shape index (κ3) is 3.71. The molecule has 0 aliphatic carbocycles. The molecule has 1 aromatic carbocycles. The van der Waals surface area contributed by atoms with Gasteiger partial charge in [0.2, 0.25) is 0 Å². The van der Waals surface area contributed by atoms with Gasteiger partial charge in [-0.25, -0.2) is 4.98 Å². The summed E-state index contributed by atoms with van der Waals surface area (Å²) in [6.45, 7) is 6.49. The van der Waals surface area contributed by atoms with E-state index in [4.69, 9.17) is 4.74 Å². The van der Waals surface area contributed by atoms with E-state index >= 15 is 0 Å². The molecule has 0 fully saturated rings. The lowest BCUT2D eigenvalue weighted by atomic mass is 10.1. The van der Waals surface area contributed by atoms with Gasteiger partial charge in [-0.15, -0.1) is 11.3 Å². The lowest BCUT2D eigenvalue weighted by Gasteiger charge is -2.04. The third-order valence-electron chi connectivity index (χ3n) is 3.80. The Hall–Kier alpha value is -2.67. The highest BCUT2D eigenvalue weighted by molar-refractivity contribution is 7.16. The molecule has 3 rings (SSSR count). The smallest absolute Gasteiger partial charge is 0.277 e. The quantitative estimate of drug-likeness (QED) is 0.755. The molecule has 1 N–H and O–H groups in total. The number of anilines is 1. The molecule has 2 aromatic heterocycles. The summed E-state index contributed by atoms with van der Waals surface area (Å²) in [5, 5.41) is 7.58. The third-order valence-corrected chi connectivity index (χ3v) is 4.69. The van der Waals surface area contributed by atoms with Crippen LogP contribution in [0.5, 0.6) is 5.75 Å². The Morgan fingerprint density at radius 1 is 1.28 bits per heavy atom. The second-order valence-electron chi connectivity index (χ2n) is 5.63. The minimum Gasteiger partial charge on any atom is -0.494 e. The number of hydrogen-bond acceptors (Lipinski definition) is 5. The van der Waals surface area contributed by atoms with Crippen molar-refractivity contribution in [2.24, 2.45) is 7.05 Å². The Balaban J connectivity index is 1.78. The fourth-order valence-electron chi connectivity index (χ4n) is 2.43. The molecule has 130 valence electrons. The van der Waals surface area contributed by atoms with Gasteiger partial charge in [0.1, 0.15) is 5.75 Å². The van der Waals surface area contributed by atoms with E-state index in [-0.39, 0.29) is 5.91 Å². The van der Waals surface area contributed by atoms with Gasteiger partial charge < -0.3 is 4.74 Å². The van der Waals surface area contributed by atoms with Crippen molar-refractivity contribution in [1.29, 1.82) is 0 Å². The van der Waals surface area contributed by atoms with Gasteiger partial charge in [0.05, 0.1) is 12.3 Å². The molecule has 0 saturated heterocycles. The monoisotopic (exact) mass is 356 g/mol. The van der Waals surface area contributed by atoms with Crippen LogP contribution in [-0.2, 0) is 7.05 Å². The molecule has 0 saturated carbocycles. The number of benzene rings is 1. The van der Waals surface area contributed by atoms with Gasteiger partial charge in [0.25, 0.3) is 5.91 Å². The Labute approximate surface area is 150 Å². The molecular formula is C18H20N4O2S. The van der Waals surface area contributed by atoms with Crippen molar-refractivity contribution in [2.75, 3.05) is 11.9 Å². The van der Waals surface area contributed by atoms with Gasteiger partial charge in [0, 0.05) is 23.2 Å². The average Bonchev–Trinajstić information content (AvgIpc) is 3.11. The van der Waals surface area contributed by atoms with E-state index in [1.165, 1.54) is 11.3 Å². The van der Waals surface area contributed by atoms with E-state index in [0.29, 0.717) is 17.4 Å².